The predicted octanol–water partition coefficient (Wildman–Crippen LogP) is 4.50. The number of nitrogens with one attached hydrogen (secondary N) is 2. The quantitative estimate of drug-likeness (QED) is 0.131. The van der Waals surface area contributed by atoms with Crippen LogP contribution in [0.3, 0.4) is 0 Å². The molecule has 1 aromatic heterocycles. The van der Waals surface area contributed by atoms with Crippen LogP contribution < -0.4 is 19.5 Å². The minimum Gasteiger partial charge on any atom is -0.497 e. The minimum atomic E-state index is -4.25. The second-order valence-electron chi connectivity index (χ2n) is 14.1. The van der Waals surface area contributed by atoms with Gasteiger partial charge >= 0.3 is 0 Å². The fraction of sp³-hybridized carbons (Fsp3) is 0.310. The van der Waals surface area contributed by atoms with Gasteiger partial charge in [-0.25, -0.2) is 18.1 Å². The summed E-state index contributed by atoms with van der Waals surface area (Å²) in [4.78, 5) is 62.0. The van der Waals surface area contributed by atoms with Gasteiger partial charge in [-0.3, -0.25) is 19.2 Å². The lowest BCUT2D eigenvalue weighted by atomic mass is 10.0. The predicted molar refractivity (Wildman–Crippen MR) is 211 cm³/mol. The summed E-state index contributed by atoms with van der Waals surface area (Å²) in [6, 6.07) is 23.2. The second-order valence-corrected chi connectivity index (χ2v) is 15.8. The second kappa shape index (κ2) is 16.4. The number of pyridine rings is 1. The van der Waals surface area contributed by atoms with Crippen LogP contribution in [0.15, 0.2) is 115 Å². The Morgan fingerprint density at radius 1 is 1.04 bits per heavy atom. The van der Waals surface area contributed by atoms with E-state index in [0.29, 0.717) is 34.5 Å². The van der Waals surface area contributed by atoms with Gasteiger partial charge in [0.25, 0.3) is 15.9 Å². The number of carbonyl (C=O) groups is 4. The summed E-state index contributed by atoms with van der Waals surface area (Å²) in [5.41, 5.74) is 0.528. The number of likely N-dealkylation sites (tertiary alicyclic amines) is 1. The average molecular weight is 780 g/mol. The summed E-state index contributed by atoms with van der Waals surface area (Å²) in [6.07, 6.45) is 2.52. The molecule has 3 aromatic carbocycles. The first-order valence-electron chi connectivity index (χ1n) is 18.3. The first-order valence-corrected chi connectivity index (χ1v) is 19.7. The molecule has 4 aromatic rings. The van der Waals surface area contributed by atoms with Crippen molar-refractivity contribution in [2.45, 2.75) is 48.8 Å². The van der Waals surface area contributed by atoms with Crippen LogP contribution in [0.5, 0.6) is 11.5 Å². The Morgan fingerprint density at radius 2 is 1.73 bits per heavy atom. The van der Waals surface area contributed by atoms with Crippen molar-refractivity contribution in [1.82, 2.24) is 24.8 Å². The molecule has 5 atom stereocenters. The molecule has 2 fully saturated rings. The van der Waals surface area contributed by atoms with E-state index in [1.807, 2.05) is 42.5 Å². The van der Waals surface area contributed by atoms with Crippen LogP contribution in [-0.2, 0) is 29.2 Å². The van der Waals surface area contributed by atoms with Gasteiger partial charge in [-0.15, -0.1) is 6.58 Å². The van der Waals surface area contributed by atoms with Crippen molar-refractivity contribution in [2.24, 2.45) is 11.8 Å². The molecule has 1 saturated heterocycles. The fourth-order valence-corrected chi connectivity index (χ4v) is 8.04. The molecule has 1 aliphatic heterocycles. The van der Waals surface area contributed by atoms with Gasteiger partial charge in [0.1, 0.15) is 29.2 Å². The lowest BCUT2D eigenvalue weighted by Crippen LogP contribution is -2.56. The van der Waals surface area contributed by atoms with E-state index in [0.717, 1.165) is 5.56 Å². The number of aromatic nitrogens is 1. The molecule has 292 valence electrons. The molecular formula is C42H45N5O8S. The number of likely N-dealkylation sites (N-methyl/N-ethyl adjacent to an activating group) is 1. The van der Waals surface area contributed by atoms with Crippen LogP contribution in [0.4, 0.5) is 0 Å². The number of hydrogen-bond acceptors (Lipinski definition) is 9. The Kier molecular flexibility index (Phi) is 11.6. The Hall–Kier alpha value is -6.02. The van der Waals surface area contributed by atoms with Crippen molar-refractivity contribution >= 4 is 44.6 Å². The zero-order valence-corrected chi connectivity index (χ0v) is 32.3. The van der Waals surface area contributed by atoms with Gasteiger partial charge < -0.3 is 24.6 Å². The molecule has 0 radical (unpaired) electrons. The van der Waals surface area contributed by atoms with Gasteiger partial charge in [-0.2, -0.15) is 0 Å². The molecule has 1 saturated carbocycles. The highest BCUT2D eigenvalue weighted by Crippen LogP contribution is 2.45. The number of carbonyl (C=O) groups excluding carboxylic acids is 4. The molecular weight excluding hydrogens is 735 g/mol. The SMILES string of the molecule is C=CC(=O)N(C)CC[C@H](C)C(=O)N1C[C@H](Oc2cc(-c3ccccc3)nc3cc(OC)ccc23)C[C@H]1C(=O)N[C@]1(C(=O)NS(=O)(=O)c2ccccc2)C[C@H]1C=C. The molecule has 1 aliphatic carbocycles. The van der Waals surface area contributed by atoms with E-state index in [9.17, 15) is 27.6 Å². The van der Waals surface area contributed by atoms with Crippen LogP contribution in [0.25, 0.3) is 22.2 Å². The number of benzene rings is 3. The molecule has 56 heavy (non-hydrogen) atoms. The van der Waals surface area contributed by atoms with Crippen molar-refractivity contribution in [2.75, 3.05) is 27.2 Å². The number of methoxy groups -OCH3 is 1. The van der Waals surface area contributed by atoms with Crippen LogP contribution in [0.1, 0.15) is 26.2 Å². The van der Waals surface area contributed by atoms with E-state index >= 15 is 0 Å². The summed E-state index contributed by atoms with van der Waals surface area (Å²) in [6.45, 7) is 9.35. The van der Waals surface area contributed by atoms with Crippen molar-refractivity contribution in [3.63, 3.8) is 0 Å². The minimum absolute atomic E-state index is 0.0375. The smallest absolute Gasteiger partial charge is 0.264 e. The Balaban J connectivity index is 1.29. The standard InChI is InChI=1S/C42H45N5O8S/c1-6-29-25-42(29,41(51)45-56(52,53)32-16-12-9-13-17-32)44-39(49)36-23-31(26-47(36)40(50)27(3)20-21-46(4)38(48)7-2)55-37-24-34(28-14-10-8-11-15-28)43-35-22-30(54-5)18-19-33(35)37/h6-19,22,24,27,29,31,36H,1-2,20-21,23,25-26H2,3-5H3,(H,44,49)(H,45,51)/t27-,29+,31+,36-,42+/m0/s1. The molecule has 14 heteroatoms. The first-order chi connectivity index (χ1) is 26.8. The number of amides is 4. The average Bonchev–Trinajstić information content (AvgIpc) is 3.78. The van der Waals surface area contributed by atoms with Crippen LogP contribution >= 0.6 is 0 Å². The highest BCUT2D eigenvalue weighted by Gasteiger charge is 2.61. The van der Waals surface area contributed by atoms with Gasteiger partial charge in [-0.1, -0.05) is 68.1 Å². The van der Waals surface area contributed by atoms with Crippen molar-refractivity contribution in [3.05, 3.63) is 110 Å². The van der Waals surface area contributed by atoms with Crippen molar-refractivity contribution in [3.8, 4) is 22.8 Å². The largest absolute Gasteiger partial charge is 0.497 e. The summed E-state index contributed by atoms with van der Waals surface area (Å²) < 4.78 is 40.5. The molecule has 6 rings (SSSR count). The Labute approximate surface area is 326 Å². The zero-order chi connectivity index (χ0) is 40.2. The molecule has 0 bridgehead atoms. The van der Waals surface area contributed by atoms with Gasteiger partial charge in [0.05, 0.1) is 29.8 Å². The zero-order valence-electron chi connectivity index (χ0n) is 31.5. The maximum Gasteiger partial charge on any atom is 0.264 e. The molecule has 0 unspecified atom stereocenters. The molecule has 0 spiro atoms. The van der Waals surface area contributed by atoms with E-state index in [1.54, 1.807) is 39.3 Å². The normalized spacial score (nSPS) is 20.7. The first kappa shape index (κ1) is 39.7. The van der Waals surface area contributed by atoms with E-state index in [2.05, 4.69) is 23.2 Å². The summed E-state index contributed by atoms with van der Waals surface area (Å²) in [5.74, 6) is -2.22. The summed E-state index contributed by atoms with van der Waals surface area (Å²) >= 11 is 0. The lowest BCUT2D eigenvalue weighted by Gasteiger charge is -2.29. The van der Waals surface area contributed by atoms with Crippen molar-refractivity contribution in [1.29, 1.82) is 0 Å². The van der Waals surface area contributed by atoms with E-state index in [4.69, 9.17) is 14.5 Å². The topological polar surface area (TPSA) is 164 Å². The summed E-state index contributed by atoms with van der Waals surface area (Å²) in [7, 11) is -1.07. The maximum atomic E-state index is 14.3. The maximum absolute atomic E-state index is 14.3. The van der Waals surface area contributed by atoms with E-state index in [1.165, 1.54) is 46.2 Å². The van der Waals surface area contributed by atoms with Gasteiger partial charge in [-0.05, 0) is 43.2 Å². The molecule has 13 nitrogen and oxygen atoms in total. The third-order valence-electron chi connectivity index (χ3n) is 10.4. The number of fused-ring (bicyclic) bond motifs is 1. The highest BCUT2D eigenvalue weighted by atomic mass is 32.2. The van der Waals surface area contributed by atoms with Gasteiger partial charge in [0.15, 0.2) is 0 Å². The van der Waals surface area contributed by atoms with Gasteiger partial charge in [0.2, 0.25) is 17.7 Å². The van der Waals surface area contributed by atoms with E-state index in [-0.39, 0.29) is 42.6 Å². The number of hydrogen-bond donors (Lipinski definition) is 2. The third-order valence-corrected chi connectivity index (χ3v) is 11.7. The monoisotopic (exact) mass is 779 g/mol. The molecule has 2 N–H and O–H groups in total. The van der Waals surface area contributed by atoms with Gasteiger partial charge in [0, 0.05) is 54.9 Å². The number of sulfonamides is 1. The highest BCUT2D eigenvalue weighted by molar-refractivity contribution is 7.90. The third kappa shape index (κ3) is 8.30. The van der Waals surface area contributed by atoms with E-state index < -0.39 is 51.4 Å². The van der Waals surface area contributed by atoms with Crippen LogP contribution in [0.2, 0.25) is 0 Å². The summed E-state index contributed by atoms with van der Waals surface area (Å²) in [5, 5.41) is 3.51. The number of rotatable bonds is 15. The Morgan fingerprint density at radius 3 is 2.38 bits per heavy atom. The van der Waals surface area contributed by atoms with Crippen LogP contribution in [-0.4, -0.2) is 91.8 Å². The van der Waals surface area contributed by atoms with Crippen molar-refractivity contribution < 1.29 is 37.1 Å². The number of ether oxygens (including phenoxy) is 2. The molecule has 2 heterocycles. The fourth-order valence-electron chi connectivity index (χ4n) is 6.98. The van der Waals surface area contributed by atoms with Crippen LogP contribution in [0, 0.1) is 11.8 Å². The molecule has 2 aliphatic rings. The molecule has 4 amide bonds. The number of nitrogens with zero attached hydrogens (tertiary/aromatic N) is 3. The lowest BCUT2D eigenvalue weighted by molar-refractivity contribution is -0.142. The Bertz CT molecular complexity index is 2270.